The third-order valence-corrected chi connectivity index (χ3v) is 12.8. The minimum atomic E-state index is -1.31. The van der Waals surface area contributed by atoms with Crippen LogP contribution in [0.3, 0.4) is 0 Å². The van der Waals surface area contributed by atoms with Gasteiger partial charge in [0.05, 0.1) is 24.4 Å². The number of carboxylic acids is 1. The molecule has 0 unspecified atom stereocenters. The number of anilines is 4. The first-order valence-electron chi connectivity index (χ1n) is 18.3. The minimum Gasteiger partial charge on any atom is -0.489 e. The molecule has 58 heavy (non-hydrogen) atoms. The molecule has 3 aromatic rings. The number of hydrogen-bond donors (Lipinski definition) is 3. The molecule has 5 aliphatic heterocycles. The summed E-state index contributed by atoms with van der Waals surface area (Å²) in [6.07, 6.45) is 0.277. The topological polar surface area (TPSA) is 182 Å². The molecule has 0 bridgehead atoms. The number of carbonyl (C=O) groups is 5. The van der Waals surface area contributed by atoms with Crippen LogP contribution in [0.25, 0.3) is 0 Å². The number of amides is 4. The Morgan fingerprint density at radius 2 is 1.60 bits per heavy atom. The van der Waals surface area contributed by atoms with Crippen LogP contribution in [0.5, 0.6) is 5.75 Å². The monoisotopic (exact) mass is 828 g/mol. The smallest absolute Gasteiger partial charge is 0.419 e. The maximum absolute atomic E-state index is 13.8. The van der Waals surface area contributed by atoms with Crippen molar-refractivity contribution in [3.8, 4) is 5.75 Å². The number of hydrogen-bond acceptors (Lipinski definition) is 13. The van der Waals surface area contributed by atoms with Crippen molar-refractivity contribution in [3.63, 3.8) is 0 Å². The lowest BCUT2D eigenvalue weighted by molar-refractivity contribution is -0.160. The summed E-state index contributed by atoms with van der Waals surface area (Å²) in [7, 11) is 7.87. The van der Waals surface area contributed by atoms with Gasteiger partial charge in [0.25, 0.3) is 11.8 Å². The molecule has 0 spiro atoms. The highest BCUT2D eigenvalue weighted by molar-refractivity contribution is 8.00. The van der Waals surface area contributed by atoms with Gasteiger partial charge in [-0.1, -0.05) is 23.9 Å². The van der Waals surface area contributed by atoms with E-state index in [1.807, 2.05) is 62.3 Å². The lowest BCUT2D eigenvalue weighted by atomic mass is 10.0. The summed E-state index contributed by atoms with van der Waals surface area (Å²) in [5, 5.41) is 21.5. The Balaban J connectivity index is 0.901. The van der Waals surface area contributed by atoms with E-state index in [4.69, 9.17) is 14.2 Å². The van der Waals surface area contributed by atoms with Crippen LogP contribution in [0.2, 0.25) is 0 Å². The number of nitrogens with one attached hydrogen (secondary N) is 1. The fraction of sp³-hybridized carbons (Fsp3) is 0.325. The molecule has 3 N–H and O–H groups in total. The number of benzene rings is 3. The summed E-state index contributed by atoms with van der Waals surface area (Å²) in [5.41, 5.74) is 4.34. The average Bonchev–Trinajstić information content (AvgIpc) is 3.50. The van der Waals surface area contributed by atoms with Crippen molar-refractivity contribution in [3.05, 3.63) is 89.3 Å². The van der Waals surface area contributed by atoms with Crippen LogP contribution in [-0.2, 0) is 35.3 Å². The van der Waals surface area contributed by atoms with E-state index in [-0.39, 0.29) is 42.8 Å². The minimum absolute atomic E-state index is 0.0121. The Morgan fingerprint density at radius 1 is 0.948 bits per heavy atom. The lowest BCUT2D eigenvalue weighted by Crippen LogP contribution is -2.72. The molecule has 3 aromatic carbocycles. The number of rotatable bonds is 11. The number of aliphatic hydroxyl groups is 1. The first-order chi connectivity index (χ1) is 27.8. The van der Waals surface area contributed by atoms with Gasteiger partial charge in [0.1, 0.15) is 41.8 Å². The molecule has 302 valence electrons. The van der Waals surface area contributed by atoms with Gasteiger partial charge in [-0.15, -0.1) is 11.8 Å². The highest BCUT2D eigenvalue weighted by atomic mass is 32.2. The first kappa shape index (κ1) is 39.0. The second kappa shape index (κ2) is 15.5. The predicted octanol–water partition coefficient (Wildman–Crippen LogP) is 3.71. The van der Waals surface area contributed by atoms with E-state index in [0.29, 0.717) is 16.9 Å². The molecule has 0 aliphatic carbocycles. The van der Waals surface area contributed by atoms with E-state index < -0.39 is 54.2 Å². The van der Waals surface area contributed by atoms with E-state index >= 15 is 0 Å². The van der Waals surface area contributed by atoms with Gasteiger partial charge in [-0.05, 0) is 60.2 Å². The summed E-state index contributed by atoms with van der Waals surface area (Å²) in [4.78, 5) is 74.9. The van der Waals surface area contributed by atoms with Gasteiger partial charge in [0.2, 0.25) is 5.91 Å². The number of aliphatic carboxylic acids is 1. The lowest BCUT2D eigenvalue weighted by Gasteiger charge is -2.49. The molecule has 4 atom stereocenters. The molecule has 3 fully saturated rings. The number of fused-ring (bicyclic) bond motifs is 4. The van der Waals surface area contributed by atoms with Crippen LogP contribution in [0.4, 0.5) is 27.5 Å². The molecular weight excluding hydrogens is 789 g/mol. The quantitative estimate of drug-likeness (QED) is 0.238. The Labute approximate surface area is 341 Å². The van der Waals surface area contributed by atoms with Crippen LogP contribution in [0.1, 0.15) is 12.0 Å². The SMILES string of the molecule is CN(C)c1ccc2c(c1)Sc1cc(N(C)C)ccc1N2C(=O)OCc1ccc(OCC2=C(C(=O)O)N3C(=O)[C@@H](NC(=O)[C@H]4/C(=C/CO)O[C@@H]5CC(=O)N54)[C@H]3SC2)cc1. The largest absolute Gasteiger partial charge is 0.489 e. The van der Waals surface area contributed by atoms with Gasteiger partial charge in [-0.25, -0.2) is 14.5 Å². The third-order valence-electron chi connectivity index (χ3n) is 10.4. The fourth-order valence-electron chi connectivity index (χ4n) is 7.30. The molecule has 0 aromatic heterocycles. The zero-order chi connectivity index (χ0) is 41.0. The first-order valence-corrected chi connectivity index (χ1v) is 20.2. The molecular formula is C40H40N6O10S2. The highest BCUT2D eigenvalue weighted by Crippen LogP contribution is 2.50. The van der Waals surface area contributed by atoms with Crippen LogP contribution >= 0.6 is 23.5 Å². The van der Waals surface area contributed by atoms with E-state index in [1.54, 1.807) is 40.9 Å². The summed E-state index contributed by atoms with van der Waals surface area (Å²) < 4.78 is 17.4. The second-order valence-corrected chi connectivity index (χ2v) is 16.6. The van der Waals surface area contributed by atoms with Crippen LogP contribution in [0, 0.1) is 0 Å². The number of nitrogens with zero attached hydrogens (tertiary/aromatic N) is 5. The van der Waals surface area contributed by atoms with E-state index in [9.17, 15) is 34.2 Å². The number of carbonyl (C=O) groups excluding carboxylic acids is 4. The van der Waals surface area contributed by atoms with Crippen molar-refractivity contribution >= 4 is 76.1 Å². The Bertz CT molecular complexity index is 2220. The highest BCUT2D eigenvalue weighted by Gasteiger charge is 2.58. The molecule has 0 saturated carbocycles. The summed E-state index contributed by atoms with van der Waals surface area (Å²) in [6.45, 7) is -0.525. The summed E-state index contributed by atoms with van der Waals surface area (Å²) >= 11 is 2.89. The standard InChI is InChI=1S/C40H40N6O10S2/c1-42(2)23-7-11-26-29(15-23)58-30-16-24(43(3)4)8-12-27(30)44(26)40(53)55-18-21-5-9-25(10-6-21)54-19-22-20-57-38-33(37(50)46(38)34(22)39(51)52)41-36(49)35-28(13-14-47)56-32-17-31(48)45(32)35/h5-13,15-16,32-33,35,38,47H,14,17-20H2,1-4H3,(H,41,49)(H,51,52)/b28-13-/t32-,33-,35-,38-/m1/s1. The summed E-state index contributed by atoms with van der Waals surface area (Å²) in [5.74, 6) is -2.07. The summed E-state index contributed by atoms with van der Waals surface area (Å²) in [6, 6.07) is 16.6. The van der Waals surface area contributed by atoms with Crippen LogP contribution in [0.15, 0.2) is 93.6 Å². The van der Waals surface area contributed by atoms with Crippen molar-refractivity contribution in [2.24, 2.45) is 0 Å². The van der Waals surface area contributed by atoms with Crippen molar-refractivity contribution < 1.29 is 48.4 Å². The maximum atomic E-state index is 13.8. The average molecular weight is 829 g/mol. The Hall–Kier alpha value is -5.85. The van der Waals surface area contributed by atoms with Gasteiger partial charge in [0.15, 0.2) is 12.3 Å². The molecule has 18 heteroatoms. The molecule has 0 radical (unpaired) electrons. The number of carboxylic acid groups (broad SMARTS) is 1. The molecule has 3 saturated heterocycles. The molecule has 5 heterocycles. The van der Waals surface area contributed by atoms with E-state index in [2.05, 4.69) is 17.4 Å². The fourth-order valence-corrected chi connectivity index (χ4v) is 9.75. The zero-order valence-corrected chi connectivity index (χ0v) is 33.5. The van der Waals surface area contributed by atoms with Gasteiger partial charge in [-0.2, -0.15) is 0 Å². The van der Waals surface area contributed by atoms with Gasteiger partial charge < -0.3 is 39.5 Å². The van der Waals surface area contributed by atoms with Crippen molar-refractivity contribution in [2.45, 2.75) is 46.5 Å². The van der Waals surface area contributed by atoms with E-state index in [1.165, 1.54) is 22.7 Å². The Morgan fingerprint density at radius 3 is 2.19 bits per heavy atom. The normalized spacial score (nSPS) is 22.2. The number of ether oxygens (including phenoxy) is 3. The van der Waals surface area contributed by atoms with Gasteiger partial charge in [0, 0.05) is 60.7 Å². The van der Waals surface area contributed by atoms with Crippen LogP contribution in [-0.4, -0.2) is 121 Å². The van der Waals surface area contributed by atoms with Crippen LogP contribution < -0.4 is 24.8 Å². The molecule has 16 nitrogen and oxygen atoms in total. The van der Waals surface area contributed by atoms with E-state index in [0.717, 1.165) is 37.4 Å². The van der Waals surface area contributed by atoms with Gasteiger partial charge >= 0.3 is 12.1 Å². The zero-order valence-electron chi connectivity index (χ0n) is 31.9. The Kier molecular flexibility index (Phi) is 10.4. The predicted molar refractivity (Wildman–Crippen MR) is 215 cm³/mol. The number of thioether (sulfide) groups is 1. The number of aliphatic hydroxyl groups excluding tert-OH is 1. The second-order valence-electron chi connectivity index (χ2n) is 14.4. The number of β-lactam (4-membered cyclic amide) rings is 2. The third kappa shape index (κ3) is 6.94. The van der Waals surface area contributed by atoms with Gasteiger partial charge in [-0.3, -0.25) is 24.2 Å². The van der Waals surface area contributed by atoms with Crippen molar-refractivity contribution in [1.29, 1.82) is 0 Å². The van der Waals surface area contributed by atoms with Crippen molar-refractivity contribution in [1.82, 2.24) is 15.1 Å². The molecule has 5 aliphatic rings. The van der Waals surface area contributed by atoms with Crippen molar-refractivity contribution in [2.75, 3.05) is 61.9 Å². The molecule has 8 rings (SSSR count). The maximum Gasteiger partial charge on any atom is 0.419 e. The molecule has 4 amide bonds.